The number of rotatable bonds is 8. The molecule has 0 saturated heterocycles. The van der Waals surface area contributed by atoms with Gasteiger partial charge in [0.1, 0.15) is 12.6 Å². The number of carboxylic acid groups (broad SMARTS) is 1. The van der Waals surface area contributed by atoms with E-state index in [2.05, 4.69) is 29.3 Å². The largest absolute Gasteiger partial charge is 0.481 e. The van der Waals surface area contributed by atoms with Crippen molar-refractivity contribution >= 4 is 18.0 Å². The summed E-state index contributed by atoms with van der Waals surface area (Å²) in [5.41, 5.74) is 4.50. The van der Waals surface area contributed by atoms with E-state index in [1.807, 2.05) is 36.4 Å². The first-order valence-corrected chi connectivity index (χ1v) is 12.2. The van der Waals surface area contributed by atoms with Crippen LogP contribution in [0.5, 0.6) is 0 Å². The van der Waals surface area contributed by atoms with Gasteiger partial charge < -0.3 is 20.5 Å². The molecule has 5 atom stereocenters. The van der Waals surface area contributed by atoms with Crippen LogP contribution in [-0.4, -0.2) is 41.8 Å². The molecule has 0 radical (unpaired) electrons. The Kier molecular flexibility index (Phi) is 6.32. The molecule has 0 aromatic heterocycles. The molecule has 2 saturated carbocycles. The van der Waals surface area contributed by atoms with Crippen LogP contribution in [-0.2, 0) is 14.3 Å². The van der Waals surface area contributed by atoms with Gasteiger partial charge in [0.05, 0.1) is 5.92 Å². The Labute approximate surface area is 204 Å². The summed E-state index contributed by atoms with van der Waals surface area (Å²) in [7, 11) is 0. The SMILES string of the molecule is C=CCC(NC(=O)OCC1c2ccccc2-c2ccccc21)C(=O)NC1C2CCC(C2)C1C(=O)O. The van der Waals surface area contributed by atoms with Gasteiger partial charge in [0.25, 0.3) is 0 Å². The molecule has 3 aliphatic carbocycles. The summed E-state index contributed by atoms with van der Waals surface area (Å²) in [6.45, 7) is 3.84. The maximum atomic E-state index is 13.0. The highest BCUT2D eigenvalue weighted by molar-refractivity contribution is 5.87. The number of nitrogens with one attached hydrogen (secondary N) is 2. The lowest BCUT2D eigenvalue weighted by Gasteiger charge is -2.30. The molecular formula is C28H30N2O5. The predicted octanol–water partition coefficient (Wildman–Crippen LogP) is 4.09. The van der Waals surface area contributed by atoms with Crippen molar-refractivity contribution in [2.75, 3.05) is 6.61 Å². The molecule has 3 aliphatic rings. The smallest absolute Gasteiger partial charge is 0.407 e. The quantitative estimate of drug-likeness (QED) is 0.500. The van der Waals surface area contributed by atoms with E-state index in [9.17, 15) is 19.5 Å². The number of carbonyl (C=O) groups is 3. The van der Waals surface area contributed by atoms with E-state index in [0.717, 1.165) is 41.5 Å². The summed E-state index contributed by atoms with van der Waals surface area (Å²) in [4.78, 5) is 37.5. The van der Waals surface area contributed by atoms with E-state index in [-0.39, 0.29) is 30.8 Å². The van der Waals surface area contributed by atoms with Crippen LogP contribution < -0.4 is 10.6 Å². The zero-order valence-corrected chi connectivity index (χ0v) is 19.5. The number of alkyl carbamates (subject to hydrolysis) is 1. The molecule has 5 rings (SSSR count). The topological polar surface area (TPSA) is 105 Å². The molecule has 35 heavy (non-hydrogen) atoms. The molecule has 2 amide bonds. The standard InChI is InChI=1S/C28H30N2O5/c1-2-7-23(26(31)30-25-17-13-12-16(14-17)24(25)27(32)33)29-28(34)35-15-22-20-10-5-3-8-18(20)19-9-4-6-11-21(19)22/h2-6,8-11,16-17,22-25H,1,7,12-15H2,(H,29,34)(H,30,31)(H,32,33). The number of carbonyl (C=O) groups excluding carboxylic acids is 2. The van der Waals surface area contributed by atoms with Crippen molar-refractivity contribution < 1.29 is 24.2 Å². The minimum Gasteiger partial charge on any atom is -0.481 e. The van der Waals surface area contributed by atoms with Crippen LogP contribution in [0.15, 0.2) is 61.2 Å². The second kappa shape index (κ2) is 9.56. The van der Waals surface area contributed by atoms with Crippen molar-refractivity contribution in [3.63, 3.8) is 0 Å². The van der Waals surface area contributed by atoms with Crippen molar-refractivity contribution in [3.05, 3.63) is 72.3 Å². The number of hydrogen-bond donors (Lipinski definition) is 3. The fourth-order valence-corrected chi connectivity index (χ4v) is 6.30. The van der Waals surface area contributed by atoms with Crippen LogP contribution >= 0.6 is 0 Å². The van der Waals surface area contributed by atoms with Gasteiger partial charge in [-0.05, 0) is 59.8 Å². The third-order valence-corrected chi connectivity index (χ3v) is 7.87. The van der Waals surface area contributed by atoms with Crippen molar-refractivity contribution in [2.24, 2.45) is 17.8 Å². The monoisotopic (exact) mass is 474 g/mol. The first kappa shape index (κ1) is 23.1. The highest BCUT2D eigenvalue weighted by atomic mass is 16.5. The Morgan fingerprint density at radius 2 is 1.66 bits per heavy atom. The van der Waals surface area contributed by atoms with Crippen LogP contribution in [0.1, 0.15) is 42.7 Å². The lowest BCUT2D eigenvalue weighted by Crippen LogP contribution is -2.53. The van der Waals surface area contributed by atoms with Gasteiger partial charge >= 0.3 is 12.1 Å². The van der Waals surface area contributed by atoms with Crippen molar-refractivity contribution in [1.29, 1.82) is 0 Å². The Morgan fingerprint density at radius 1 is 1.03 bits per heavy atom. The summed E-state index contributed by atoms with van der Waals surface area (Å²) in [6, 6.07) is 14.9. The van der Waals surface area contributed by atoms with Gasteiger partial charge in [-0.25, -0.2) is 4.79 Å². The van der Waals surface area contributed by atoms with Gasteiger partial charge in [-0.15, -0.1) is 6.58 Å². The number of aliphatic carboxylic acids is 1. The van der Waals surface area contributed by atoms with Crippen LogP contribution in [0.4, 0.5) is 4.79 Å². The predicted molar refractivity (Wildman–Crippen MR) is 131 cm³/mol. The molecule has 2 aromatic rings. The van der Waals surface area contributed by atoms with E-state index in [0.29, 0.717) is 0 Å². The minimum absolute atomic E-state index is 0.0785. The number of carboxylic acids is 1. The molecule has 2 fully saturated rings. The first-order chi connectivity index (χ1) is 17.0. The summed E-state index contributed by atoms with van der Waals surface area (Å²) >= 11 is 0. The first-order valence-electron chi connectivity index (χ1n) is 12.2. The highest BCUT2D eigenvalue weighted by Crippen LogP contribution is 2.48. The van der Waals surface area contributed by atoms with Crippen molar-refractivity contribution in [2.45, 2.75) is 43.7 Å². The summed E-state index contributed by atoms with van der Waals surface area (Å²) in [5.74, 6) is -1.64. The lowest BCUT2D eigenvalue weighted by atomic mass is 9.84. The maximum Gasteiger partial charge on any atom is 0.407 e. The minimum atomic E-state index is -0.878. The summed E-state index contributed by atoms with van der Waals surface area (Å²) in [5, 5.41) is 15.2. The Balaban J connectivity index is 1.22. The Hall–Kier alpha value is -3.61. The Bertz CT molecular complexity index is 1120. The van der Waals surface area contributed by atoms with Gasteiger partial charge in [0.15, 0.2) is 0 Å². The molecule has 7 heteroatoms. The van der Waals surface area contributed by atoms with E-state index < -0.39 is 36.0 Å². The molecule has 3 N–H and O–H groups in total. The van der Waals surface area contributed by atoms with Crippen LogP contribution in [0.25, 0.3) is 11.1 Å². The lowest BCUT2D eigenvalue weighted by molar-refractivity contribution is -0.144. The molecule has 2 aromatic carbocycles. The fourth-order valence-electron chi connectivity index (χ4n) is 6.30. The normalized spacial score (nSPS) is 24.8. The third kappa shape index (κ3) is 4.31. The zero-order valence-electron chi connectivity index (χ0n) is 19.5. The van der Waals surface area contributed by atoms with Crippen LogP contribution in [0.3, 0.4) is 0 Å². The third-order valence-electron chi connectivity index (χ3n) is 7.87. The van der Waals surface area contributed by atoms with Crippen molar-refractivity contribution in [3.8, 4) is 11.1 Å². The van der Waals surface area contributed by atoms with E-state index in [1.54, 1.807) is 6.08 Å². The highest BCUT2D eigenvalue weighted by Gasteiger charge is 2.51. The van der Waals surface area contributed by atoms with Gasteiger partial charge in [-0.2, -0.15) is 0 Å². The van der Waals surface area contributed by atoms with Gasteiger partial charge in [-0.1, -0.05) is 54.6 Å². The molecule has 2 bridgehead atoms. The number of hydrogen-bond acceptors (Lipinski definition) is 4. The number of amides is 2. The molecular weight excluding hydrogens is 444 g/mol. The van der Waals surface area contributed by atoms with Crippen molar-refractivity contribution in [1.82, 2.24) is 10.6 Å². The number of benzene rings is 2. The molecule has 0 heterocycles. The molecule has 0 aliphatic heterocycles. The molecule has 7 nitrogen and oxygen atoms in total. The van der Waals surface area contributed by atoms with E-state index in [4.69, 9.17) is 4.74 Å². The number of fused-ring (bicyclic) bond motifs is 5. The summed E-state index contributed by atoms with van der Waals surface area (Å²) in [6.07, 6.45) is 3.73. The summed E-state index contributed by atoms with van der Waals surface area (Å²) < 4.78 is 5.59. The van der Waals surface area contributed by atoms with E-state index >= 15 is 0 Å². The zero-order chi connectivity index (χ0) is 24.5. The van der Waals surface area contributed by atoms with E-state index in [1.165, 1.54) is 0 Å². The molecule has 5 unspecified atom stereocenters. The number of ether oxygens (including phenoxy) is 1. The maximum absolute atomic E-state index is 13.0. The average molecular weight is 475 g/mol. The second-order valence-corrected chi connectivity index (χ2v) is 9.78. The molecule has 0 spiro atoms. The van der Waals surface area contributed by atoms with Crippen LogP contribution in [0.2, 0.25) is 0 Å². The van der Waals surface area contributed by atoms with Gasteiger partial charge in [0.2, 0.25) is 5.91 Å². The Morgan fingerprint density at radius 3 is 2.29 bits per heavy atom. The second-order valence-electron chi connectivity index (χ2n) is 9.78. The molecule has 182 valence electrons. The van der Waals surface area contributed by atoms with Crippen LogP contribution in [0, 0.1) is 17.8 Å². The average Bonchev–Trinajstić information content (AvgIpc) is 3.54. The van der Waals surface area contributed by atoms with Gasteiger partial charge in [0, 0.05) is 12.0 Å². The van der Waals surface area contributed by atoms with Gasteiger partial charge in [-0.3, -0.25) is 9.59 Å². The fraction of sp³-hybridized carbons (Fsp3) is 0.393.